The molecule has 2 N–H and O–H groups in total. The number of ether oxygens (including phenoxy) is 3. The van der Waals surface area contributed by atoms with Crippen molar-refractivity contribution in [1.29, 1.82) is 0 Å². The van der Waals surface area contributed by atoms with E-state index in [2.05, 4.69) is 20.4 Å². The third-order valence-electron chi connectivity index (χ3n) is 3.46. The van der Waals surface area contributed by atoms with E-state index in [-0.39, 0.29) is 6.61 Å². The maximum Gasteiger partial charge on any atom is 0.411 e. The molecule has 1 unspecified atom stereocenters. The van der Waals surface area contributed by atoms with Crippen LogP contribution in [-0.4, -0.2) is 71.4 Å². The maximum atomic E-state index is 11.9. The van der Waals surface area contributed by atoms with Gasteiger partial charge in [-0.2, -0.15) is 13.2 Å². The highest BCUT2D eigenvalue weighted by Crippen LogP contribution is 2.14. The lowest BCUT2D eigenvalue weighted by Crippen LogP contribution is -2.38. The van der Waals surface area contributed by atoms with E-state index >= 15 is 0 Å². The first kappa shape index (κ1) is 22.0. The van der Waals surface area contributed by atoms with Gasteiger partial charge in [-0.05, 0) is 26.2 Å². The van der Waals surface area contributed by atoms with Crippen molar-refractivity contribution < 1.29 is 27.4 Å². The van der Waals surface area contributed by atoms with Gasteiger partial charge in [0.2, 0.25) is 0 Å². The van der Waals surface area contributed by atoms with E-state index in [1.807, 2.05) is 6.92 Å². The Balaban J connectivity index is 2.03. The van der Waals surface area contributed by atoms with Crippen molar-refractivity contribution in [3.63, 3.8) is 0 Å². The van der Waals surface area contributed by atoms with Crippen LogP contribution in [0.15, 0.2) is 4.99 Å². The predicted molar refractivity (Wildman–Crippen MR) is 89.8 cm³/mol. The Morgan fingerprint density at radius 3 is 2.68 bits per heavy atom. The van der Waals surface area contributed by atoms with Crippen molar-refractivity contribution >= 4 is 5.96 Å². The van der Waals surface area contributed by atoms with E-state index in [1.54, 1.807) is 0 Å². The fourth-order valence-electron chi connectivity index (χ4n) is 2.23. The Bertz CT molecular complexity index is 362. The molecule has 6 nitrogen and oxygen atoms in total. The summed E-state index contributed by atoms with van der Waals surface area (Å²) >= 11 is 0. The molecule has 0 radical (unpaired) electrons. The van der Waals surface area contributed by atoms with Gasteiger partial charge in [-0.3, -0.25) is 4.99 Å². The zero-order valence-corrected chi connectivity index (χ0v) is 14.9. The number of hydrogen-bond donors (Lipinski definition) is 2. The molecule has 0 aromatic rings. The van der Waals surface area contributed by atoms with Crippen LogP contribution >= 0.6 is 0 Å². The third-order valence-corrected chi connectivity index (χ3v) is 3.46. The van der Waals surface area contributed by atoms with Gasteiger partial charge in [0.1, 0.15) is 6.61 Å². The molecule has 1 atom stereocenters. The summed E-state index contributed by atoms with van der Waals surface area (Å²) in [5.41, 5.74) is 0. The van der Waals surface area contributed by atoms with Gasteiger partial charge in [0.05, 0.1) is 13.2 Å². The lowest BCUT2D eigenvalue weighted by molar-refractivity contribution is -0.173. The minimum atomic E-state index is -4.27. The number of hydrogen-bond acceptors (Lipinski definition) is 4. The largest absolute Gasteiger partial charge is 0.411 e. The highest BCUT2D eigenvalue weighted by Gasteiger charge is 2.27. The Kier molecular flexibility index (Phi) is 11.6. The van der Waals surface area contributed by atoms with Crippen molar-refractivity contribution in [2.75, 3.05) is 59.3 Å². The van der Waals surface area contributed by atoms with Gasteiger partial charge in [-0.15, -0.1) is 0 Å². The normalized spacial score (nSPS) is 18.6. The topological polar surface area (TPSA) is 64.1 Å². The lowest BCUT2D eigenvalue weighted by atomic mass is 10.1. The van der Waals surface area contributed by atoms with Crippen LogP contribution in [0, 0.1) is 5.92 Å². The number of alkyl halides is 3. The zero-order chi connectivity index (χ0) is 18.4. The van der Waals surface area contributed by atoms with Crippen LogP contribution in [0.2, 0.25) is 0 Å². The van der Waals surface area contributed by atoms with Crippen molar-refractivity contribution in [3.05, 3.63) is 0 Å². The van der Waals surface area contributed by atoms with E-state index in [0.29, 0.717) is 38.0 Å². The summed E-state index contributed by atoms with van der Waals surface area (Å²) in [6, 6.07) is 0. The monoisotopic (exact) mass is 369 g/mol. The lowest BCUT2D eigenvalue weighted by Gasteiger charge is -2.12. The SMILES string of the molecule is CCNC(=NCCCOCC(F)(F)F)NCCCOCC1CCOC1. The molecule has 0 aromatic heterocycles. The molecule has 1 aliphatic heterocycles. The van der Waals surface area contributed by atoms with E-state index in [9.17, 15) is 13.2 Å². The van der Waals surface area contributed by atoms with Crippen LogP contribution in [0.25, 0.3) is 0 Å². The zero-order valence-electron chi connectivity index (χ0n) is 14.9. The summed E-state index contributed by atoms with van der Waals surface area (Å²) in [5, 5.41) is 6.27. The van der Waals surface area contributed by atoms with Crippen molar-refractivity contribution in [2.45, 2.75) is 32.4 Å². The average Bonchev–Trinajstić information content (AvgIpc) is 3.06. The molecule has 1 fully saturated rings. The number of guanidine groups is 1. The minimum absolute atomic E-state index is 0.0428. The van der Waals surface area contributed by atoms with Crippen LogP contribution in [0.3, 0.4) is 0 Å². The minimum Gasteiger partial charge on any atom is -0.381 e. The quantitative estimate of drug-likeness (QED) is 0.313. The van der Waals surface area contributed by atoms with Gasteiger partial charge in [0, 0.05) is 45.4 Å². The molecule has 1 aliphatic rings. The molecule has 1 rings (SSSR count). The first-order valence-electron chi connectivity index (χ1n) is 8.83. The summed E-state index contributed by atoms with van der Waals surface area (Å²) in [5.74, 6) is 1.17. The fourth-order valence-corrected chi connectivity index (χ4v) is 2.23. The number of nitrogens with one attached hydrogen (secondary N) is 2. The molecule has 0 aliphatic carbocycles. The second-order valence-electron chi connectivity index (χ2n) is 5.87. The number of aliphatic imine (C=N–C) groups is 1. The Labute approximate surface area is 147 Å². The molecule has 0 amide bonds. The van der Waals surface area contributed by atoms with Gasteiger partial charge < -0.3 is 24.8 Å². The van der Waals surface area contributed by atoms with E-state index in [1.165, 1.54) is 0 Å². The molecule has 1 saturated heterocycles. The van der Waals surface area contributed by atoms with Gasteiger partial charge in [-0.1, -0.05) is 0 Å². The summed E-state index contributed by atoms with van der Waals surface area (Å²) in [7, 11) is 0. The van der Waals surface area contributed by atoms with Crippen LogP contribution in [0.1, 0.15) is 26.2 Å². The van der Waals surface area contributed by atoms with Crippen LogP contribution in [0.4, 0.5) is 13.2 Å². The van der Waals surface area contributed by atoms with Gasteiger partial charge >= 0.3 is 6.18 Å². The predicted octanol–water partition coefficient (Wildman–Crippen LogP) is 1.95. The second-order valence-corrected chi connectivity index (χ2v) is 5.87. The Hall–Kier alpha value is -1.06. The number of nitrogens with zero attached hydrogens (tertiary/aromatic N) is 1. The fraction of sp³-hybridized carbons (Fsp3) is 0.938. The van der Waals surface area contributed by atoms with Gasteiger partial charge in [0.25, 0.3) is 0 Å². The molecule has 1 heterocycles. The number of rotatable bonds is 12. The standard InChI is InChI=1S/C16H30F3N3O3/c1-2-20-15(22-7-4-9-25-13-16(17,18)19)21-6-3-8-23-11-14-5-10-24-12-14/h14H,2-13H2,1H3,(H2,20,21,22). The highest BCUT2D eigenvalue weighted by atomic mass is 19.4. The highest BCUT2D eigenvalue weighted by molar-refractivity contribution is 5.79. The third kappa shape index (κ3) is 12.9. The van der Waals surface area contributed by atoms with Crippen LogP contribution < -0.4 is 10.6 Å². The summed E-state index contributed by atoms with van der Waals surface area (Å²) < 4.78 is 51.2. The Morgan fingerprint density at radius 1 is 1.20 bits per heavy atom. The first-order chi connectivity index (χ1) is 12.0. The van der Waals surface area contributed by atoms with E-state index in [4.69, 9.17) is 9.47 Å². The molecule has 0 spiro atoms. The second kappa shape index (κ2) is 13.2. The van der Waals surface area contributed by atoms with Crippen LogP contribution in [-0.2, 0) is 14.2 Å². The summed E-state index contributed by atoms with van der Waals surface area (Å²) in [4.78, 5) is 4.30. The first-order valence-corrected chi connectivity index (χ1v) is 8.83. The Morgan fingerprint density at radius 2 is 2.00 bits per heavy atom. The number of halogens is 3. The average molecular weight is 369 g/mol. The molecular weight excluding hydrogens is 339 g/mol. The van der Waals surface area contributed by atoms with Gasteiger partial charge in [0.15, 0.2) is 5.96 Å². The van der Waals surface area contributed by atoms with E-state index in [0.717, 1.165) is 39.2 Å². The van der Waals surface area contributed by atoms with Gasteiger partial charge in [-0.25, -0.2) is 0 Å². The molecule has 0 saturated carbocycles. The molecule has 9 heteroatoms. The smallest absolute Gasteiger partial charge is 0.381 e. The molecule has 25 heavy (non-hydrogen) atoms. The van der Waals surface area contributed by atoms with Crippen LogP contribution in [0.5, 0.6) is 0 Å². The molecule has 148 valence electrons. The van der Waals surface area contributed by atoms with E-state index < -0.39 is 12.8 Å². The van der Waals surface area contributed by atoms with Crippen molar-refractivity contribution in [1.82, 2.24) is 10.6 Å². The van der Waals surface area contributed by atoms with Crippen molar-refractivity contribution in [2.24, 2.45) is 10.9 Å². The van der Waals surface area contributed by atoms with Crippen molar-refractivity contribution in [3.8, 4) is 0 Å². The molecular formula is C16H30F3N3O3. The molecule has 0 bridgehead atoms. The maximum absolute atomic E-state index is 11.9. The molecule has 0 aromatic carbocycles. The summed E-state index contributed by atoms with van der Waals surface area (Å²) in [6.07, 6.45) is -1.90. The summed E-state index contributed by atoms with van der Waals surface area (Å²) in [6.45, 7) is 5.68.